The van der Waals surface area contributed by atoms with Crippen molar-refractivity contribution >= 4 is 37.3 Å². The highest BCUT2D eigenvalue weighted by atomic mass is 28.3. The summed E-state index contributed by atoms with van der Waals surface area (Å²) in [7, 11) is -1.14. The standard InChI is InChI=1S/C26H33F2N7O2Si/c1-38(2,3)11-10-37-17-34-16-30-24-23(34)15-29-26(32-24)33-8-5-18(6-9-33)25(36)35-22(4-7-31-35)19-12-20(27)14-21(28)13-19/h7,12-16,18,22H,4-6,8-11,17H2,1-3H3. The van der Waals surface area contributed by atoms with Crippen LogP contribution in [0.4, 0.5) is 14.7 Å². The highest BCUT2D eigenvalue weighted by Gasteiger charge is 2.35. The van der Waals surface area contributed by atoms with E-state index < -0.39 is 25.8 Å². The molecule has 9 nitrogen and oxygen atoms in total. The van der Waals surface area contributed by atoms with E-state index in [4.69, 9.17) is 4.74 Å². The van der Waals surface area contributed by atoms with Crippen LogP contribution in [0.2, 0.25) is 25.7 Å². The number of nitrogens with zero attached hydrogens (tertiary/aromatic N) is 7. The van der Waals surface area contributed by atoms with E-state index in [1.807, 2.05) is 4.57 Å². The van der Waals surface area contributed by atoms with E-state index in [1.165, 1.54) is 17.1 Å². The van der Waals surface area contributed by atoms with Gasteiger partial charge in [0.1, 0.15) is 23.9 Å². The minimum absolute atomic E-state index is 0.127. The van der Waals surface area contributed by atoms with Gasteiger partial charge in [-0.05, 0) is 36.6 Å². The summed E-state index contributed by atoms with van der Waals surface area (Å²) in [6, 6.07) is 3.96. The zero-order valence-electron chi connectivity index (χ0n) is 22.0. The lowest BCUT2D eigenvalue weighted by atomic mass is 9.94. The average molecular weight is 542 g/mol. The zero-order chi connectivity index (χ0) is 26.9. The second-order valence-corrected chi connectivity index (χ2v) is 16.8. The van der Waals surface area contributed by atoms with Crippen molar-refractivity contribution in [2.45, 2.75) is 57.7 Å². The molecule has 0 radical (unpaired) electrons. The summed E-state index contributed by atoms with van der Waals surface area (Å²) in [5, 5.41) is 5.62. The third kappa shape index (κ3) is 5.91. The smallest absolute Gasteiger partial charge is 0.246 e. The van der Waals surface area contributed by atoms with E-state index in [2.05, 4.69) is 44.6 Å². The van der Waals surface area contributed by atoms with Crippen LogP contribution in [0.15, 0.2) is 35.8 Å². The summed E-state index contributed by atoms with van der Waals surface area (Å²) in [5.41, 5.74) is 1.84. The van der Waals surface area contributed by atoms with Crippen LogP contribution in [-0.2, 0) is 16.3 Å². The molecule has 2 aromatic heterocycles. The van der Waals surface area contributed by atoms with Crippen LogP contribution in [0, 0.1) is 17.6 Å². The molecule has 38 heavy (non-hydrogen) atoms. The first-order valence-corrected chi connectivity index (χ1v) is 16.7. The van der Waals surface area contributed by atoms with Crippen molar-refractivity contribution in [2.24, 2.45) is 11.0 Å². The number of hydrogen-bond donors (Lipinski definition) is 0. The molecule has 1 unspecified atom stereocenters. The Morgan fingerprint density at radius 1 is 1.11 bits per heavy atom. The molecule has 1 atom stereocenters. The lowest BCUT2D eigenvalue weighted by Gasteiger charge is -2.33. The second-order valence-electron chi connectivity index (χ2n) is 11.1. The molecule has 4 heterocycles. The summed E-state index contributed by atoms with van der Waals surface area (Å²) in [5.74, 6) is -1.11. The first-order chi connectivity index (χ1) is 18.2. The summed E-state index contributed by atoms with van der Waals surface area (Å²) < 4.78 is 35.3. The van der Waals surface area contributed by atoms with Gasteiger partial charge in [-0.2, -0.15) is 10.1 Å². The molecule has 5 rings (SSSR count). The number of ether oxygens (including phenoxy) is 1. The Bertz CT molecular complexity index is 1310. The highest BCUT2D eigenvalue weighted by molar-refractivity contribution is 6.76. The quantitative estimate of drug-likeness (QED) is 0.306. The third-order valence-corrected chi connectivity index (χ3v) is 8.75. The Morgan fingerprint density at radius 3 is 2.55 bits per heavy atom. The summed E-state index contributed by atoms with van der Waals surface area (Å²) in [6.07, 6.45) is 6.76. The maximum Gasteiger partial charge on any atom is 0.246 e. The monoisotopic (exact) mass is 541 g/mol. The summed E-state index contributed by atoms with van der Waals surface area (Å²) >= 11 is 0. The Balaban J connectivity index is 1.18. The Morgan fingerprint density at radius 2 is 1.84 bits per heavy atom. The number of rotatable bonds is 8. The molecule has 0 aliphatic carbocycles. The number of halogens is 2. The molecular formula is C26H33F2N7O2Si. The average Bonchev–Trinajstić information content (AvgIpc) is 3.52. The largest absolute Gasteiger partial charge is 0.361 e. The number of aromatic nitrogens is 4. The molecule has 0 spiro atoms. The van der Waals surface area contributed by atoms with E-state index in [1.54, 1.807) is 18.7 Å². The fraction of sp³-hybridized carbons (Fsp3) is 0.500. The van der Waals surface area contributed by atoms with Gasteiger partial charge in [0.15, 0.2) is 5.65 Å². The van der Waals surface area contributed by atoms with E-state index >= 15 is 0 Å². The van der Waals surface area contributed by atoms with Gasteiger partial charge in [-0.1, -0.05) is 19.6 Å². The van der Waals surface area contributed by atoms with Crippen molar-refractivity contribution in [2.75, 3.05) is 24.6 Å². The van der Waals surface area contributed by atoms with Crippen molar-refractivity contribution in [3.05, 3.63) is 47.9 Å². The van der Waals surface area contributed by atoms with Gasteiger partial charge in [0.05, 0.1) is 18.6 Å². The van der Waals surface area contributed by atoms with E-state index in [0.29, 0.717) is 56.2 Å². The van der Waals surface area contributed by atoms with Gasteiger partial charge in [-0.25, -0.2) is 23.8 Å². The summed E-state index contributed by atoms with van der Waals surface area (Å²) in [6.45, 7) is 9.33. The minimum Gasteiger partial charge on any atom is -0.361 e. The fourth-order valence-corrected chi connectivity index (χ4v) is 5.58. The molecule has 1 aromatic carbocycles. The molecule has 1 saturated heterocycles. The second kappa shape index (κ2) is 10.9. The van der Waals surface area contributed by atoms with Crippen molar-refractivity contribution < 1.29 is 18.3 Å². The molecule has 0 N–H and O–H groups in total. The van der Waals surface area contributed by atoms with Gasteiger partial charge in [-0.3, -0.25) is 4.79 Å². The molecule has 1 amide bonds. The lowest BCUT2D eigenvalue weighted by molar-refractivity contribution is -0.138. The van der Waals surface area contributed by atoms with Gasteiger partial charge < -0.3 is 14.2 Å². The van der Waals surface area contributed by atoms with Crippen LogP contribution in [0.5, 0.6) is 0 Å². The fourth-order valence-electron chi connectivity index (χ4n) is 4.82. The normalized spacial score (nSPS) is 18.6. The van der Waals surface area contributed by atoms with Gasteiger partial charge in [-0.15, -0.1) is 0 Å². The molecule has 2 aliphatic rings. The molecule has 1 fully saturated rings. The van der Waals surface area contributed by atoms with Crippen LogP contribution in [0.1, 0.15) is 30.9 Å². The first-order valence-electron chi connectivity index (χ1n) is 13.0. The SMILES string of the molecule is C[Si](C)(C)CCOCn1cnc2nc(N3CCC(C(=O)N4N=CCC4c4cc(F)cc(F)c4)CC3)ncc21. The summed E-state index contributed by atoms with van der Waals surface area (Å²) in [4.78, 5) is 29.0. The number of hydrazone groups is 1. The highest BCUT2D eigenvalue weighted by Crippen LogP contribution is 2.33. The Kier molecular flexibility index (Phi) is 7.53. The minimum atomic E-state index is -1.14. The first kappa shape index (κ1) is 26.4. The number of anilines is 1. The van der Waals surface area contributed by atoms with E-state index in [9.17, 15) is 13.6 Å². The third-order valence-electron chi connectivity index (χ3n) is 7.05. The van der Waals surface area contributed by atoms with E-state index in [0.717, 1.165) is 24.2 Å². The maximum absolute atomic E-state index is 13.8. The lowest BCUT2D eigenvalue weighted by Crippen LogP contribution is -2.41. The van der Waals surface area contributed by atoms with Crippen LogP contribution >= 0.6 is 0 Å². The molecule has 202 valence electrons. The van der Waals surface area contributed by atoms with Crippen LogP contribution in [-0.4, -0.2) is 64.4 Å². The van der Waals surface area contributed by atoms with Crippen LogP contribution < -0.4 is 4.90 Å². The van der Waals surface area contributed by atoms with Gasteiger partial charge in [0.25, 0.3) is 0 Å². The number of benzene rings is 1. The zero-order valence-corrected chi connectivity index (χ0v) is 23.0. The number of hydrogen-bond acceptors (Lipinski definition) is 7. The molecule has 2 aliphatic heterocycles. The molecule has 0 bridgehead atoms. The van der Waals surface area contributed by atoms with E-state index in [-0.39, 0.29) is 11.8 Å². The van der Waals surface area contributed by atoms with Crippen molar-refractivity contribution in [1.29, 1.82) is 0 Å². The number of carbonyl (C=O) groups excluding carboxylic acids is 1. The topological polar surface area (TPSA) is 88.7 Å². The number of carbonyl (C=O) groups is 1. The number of imidazole rings is 1. The van der Waals surface area contributed by atoms with Gasteiger partial charge in [0, 0.05) is 52.4 Å². The van der Waals surface area contributed by atoms with Crippen LogP contribution in [0.3, 0.4) is 0 Å². The van der Waals surface area contributed by atoms with Gasteiger partial charge >= 0.3 is 0 Å². The van der Waals surface area contributed by atoms with Crippen molar-refractivity contribution in [1.82, 2.24) is 24.5 Å². The molecule has 0 saturated carbocycles. The number of fused-ring (bicyclic) bond motifs is 1. The van der Waals surface area contributed by atoms with Crippen molar-refractivity contribution in [3.8, 4) is 0 Å². The molecular weight excluding hydrogens is 508 g/mol. The Hall–Kier alpha value is -3.25. The Labute approximate surface area is 221 Å². The predicted octanol–water partition coefficient (Wildman–Crippen LogP) is 4.59. The van der Waals surface area contributed by atoms with Gasteiger partial charge in [0.2, 0.25) is 11.9 Å². The predicted molar refractivity (Wildman–Crippen MR) is 143 cm³/mol. The number of amides is 1. The van der Waals surface area contributed by atoms with Crippen LogP contribution in [0.25, 0.3) is 11.2 Å². The molecule has 3 aromatic rings. The molecule has 12 heteroatoms. The maximum atomic E-state index is 13.8. The van der Waals surface area contributed by atoms with Crippen molar-refractivity contribution in [3.63, 3.8) is 0 Å². The number of piperidine rings is 1.